The number of nitrogens with zero attached hydrogens (tertiary/aromatic N) is 3. The van der Waals surface area contributed by atoms with Crippen LogP contribution in [0.25, 0.3) is 11.0 Å². The highest BCUT2D eigenvalue weighted by Crippen LogP contribution is 2.09. The molecule has 0 saturated carbocycles. The van der Waals surface area contributed by atoms with Gasteiger partial charge in [-0.3, -0.25) is 9.59 Å². The Labute approximate surface area is 119 Å². The topological polar surface area (TPSA) is 92.7 Å². The maximum absolute atomic E-state index is 12.0. The number of aromatic nitrogens is 4. The van der Waals surface area contributed by atoms with E-state index in [4.69, 9.17) is 0 Å². The molecule has 1 aromatic carbocycles. The zero-order valence-electron chi connectivity index (χ0n) is 11.3. The van der Waals surface area contributed by atoms with Crippen molar-refractivity contribution in [2.45, 2.75) is 6.54 Å². The van der Waals surface area contributed by atoms with Gasteiger partial charge in [-0.25, -0.2) is 9.67 Å². The number of rotatable bonds is 3. The summed E-state index contributed by atoms with van der Waals surface area (Å²) in [6, 6.07) is 10.3. The van der Waals surface area contributed by atoms with Gasteiger partial charge in [0.05, 0.1) is 17.6 Å². The van der Waals surface area contributed by atoms with Crippen molar-refractivity contribution in [3.05, 3.63) is 58.3 Å². The van der Waals surface area contributed by atoms with E-state index in [1.54, 1.807) is 0 Å². The van der Waals surface area contributed by atoms with Crippen molar-refractivity contribution in [3.63, 3.8) is 0 Å². The fraction of sp³-hybridized carbons (Fsp3) is 0.143. The van der Waals surface area contributed by atoms with Gasteiger partial charge < -0.3 is 10.3 Å². The summed E-state index contributed by atoms with van der Waals surface area (Å²) in [6.45, 7) is 0.262. The minimum Gasteiger partial charge on any atom is -0.343 e. The van der Waals surface area contributed by atoms with Crippen molar-refractivity contribution >= 4 is 16.9 Å². The fourth-order valence-electron chi connectivity index (χ4n) is 1.97. The molecule has 0 aliphatic heterocycles. The third kappa shape index (κ3) is 2.66. The van der Waals surface area contributed by atoms with E-state index in [-0.39, 0.29) is 23.7 Å². The second-order valence-electron chi connectivity index (χ2n) is 4.56. The SMILES string of the molecule is Cn1nc(C(=O)NCc2nc3ccccc3[nH]2)ccc1=O. The third-order valence-corrected chi connectivity index (χ3v) is 3.05. The van der Waals surface area contributed by atoms with Crippen LogP contribution in [-0.2, 0) is 13.6 Å². The second kappa shape index (κ2) is 5.20. The number of imidazole rings is 1. The van der Waals surface area contributed by atoms with Crippen LogP contribution in [0.15, 0.2) is 41.2 Å². The van der Waals surface area contributed by atoms with Gasteiger partial charge in [-0.15, -0.1) is 0 Å². The molecule has 2 aromatic heterocycles. The van der Waals surface area contributed by atoms with Crippen LogP contribution >= 0.6 is 0 Å². The zero-order valence-corrected chi connectivity index (χ0v) is 11.3. The Morgan fingerprint density at radius 3 is 2.86 bits per heavy atom. The van der Waals surface area contributed by atoms with E-state index in [2.05, 4.69) is 20.4 Å². The van der Waals surface area contributed by atoms with Gasteiger partial charge >= 0.3 is 0 Å². The van der Waals surface area contributed by atoms with E-state index in [0.29, 0.717) is 5.82 Å². The molecule has 3 rings (SSSR count). The molecule has 0 aliphatic rings. The van der Waals surface area contributed by atoms with Crippen molar-refractivity contribution < 1.29 is 4.79 Å². The Morgan fingerprint density at radius 1 is 1.29 bits per heavy atom. The third-order valence-electron chi connectivity index (χ3n) is 3.05. The van der Waals surface area contributed by atoms with Crippen molar-refractivity contribution in [1.29, 1.82) is 0 Å². The first kappa shape index (κ1) is 13.0. The minimum atomic E-state index is -0.356. The van der Waals surface area contributed by atoms with Crippen LogP contribution in [0.3, 0.4) is 0 Å². The summed E-state index contributed by atoms with van der Waals surface area (Å²) in [5.41, 5.74) is 1.70. The molecule has 1 amide bonds. The number of aromatic amines is 1. The number of hydrogen-bond acceptors (Lipinski definition) is 4. The number of carbonyl (C=O) groups excluding carboxylic acids is 1. The van der Waals surface area contributed by atoms with Gasteiger partial charge in [0.2, 0.25) is 0 Å². The second-order valence-corrected chi connectivity index (χ2v) is 4.56. The van der Waals surface area contributed by atoms with Crippen LogP contribution < -0.4 is 10.9 Å². The molecule has 0 bridgehead atoms. The van der Waals surface area contributed by atoms with Gasteiger partial charge in [-0.2, -0.15) is 5.10 Å². The van der Waals surface area contributed by atoms with E-state index in [0.717, 1.165) is 15.7 Å². The van der Waals surface area contributed by atoms with E-state index in [9.17, 15) is 9.59 Å². The standard InChI is InChI=1S/C14H13N5O2/c1-19-13(20)7-6-11(18-19)14(21)15-8-12-16-9-4-2-3-5-10(9)17-12/h2-7H,8H2,1H3,(H,15,21)(H,16,17). The highest BCUT2D eigenvalue weighted by Gasteiger charge is 2.09. The lowest BCUT2D eigenvalue weighted by Gasteiger charge is -2.03. The first-order chi connectivity index (χ1) is 10.1. The molecule has 3 aromatic rings. The Hall–Kier alpha value is -2.96. The predicted octanol–water partition coefficient (Wildman–Crippen LogP) is 0.587. The summed E-state index contributed by atoms with van der Waals surface area (Å²) >= 11 is 0. The van der Waals surface area contributed by atoms with Gasteiger partial charge in [0.1, 0.15) is 11.5 Å². The number of carbonyl (C=O) groups is 1. The van der Waals surface area contributed by atoms with Crippen LogP contribution in [0.4, 0.5) is 0 Å². The number of nitrogens with one attached hydrogen (secondary N) is 2. The van der Waals surface area contributed by atoms with Gasteiger partial charge in [-0.05, 0) is 18.2 Å². The molecular formula is C14H13N5O2. The quantitative estimate of drug-likeness (QED) is 0.735. The Bertz CT molecular complexity index is 832. The maximum Gasteiger partial charge on any atom is 0.272 e. The first-order valence-corrected chi connectivity index (χ1v) is 6.40. The first-order valence-electron chi connectivity index (χ1n) is 6.40. The Morgan fingerprint density at radius 2 is 2.10 bits per heavy atom. The number of fused-ring (bicyclic) bond motifs is 1. The Balaban J connectivity index is 1.73. The van der Waals surface area contributed by atoms with Crippen LogP contribution in [-0.4, -0.2) is 25.7 Å². The molecule has 2 N–H and O–H groups in total. The van der Waals surface area contributed by atoms with Crippen molar-refractivity contribution in [1.82, 2.24) is 25.1 Å². The van der Waals surface area contributed by atoms with Crippen molar-refractivity contribution in [2.75, 3.05) is 0 Å². The van der Waals surface area contributed by atoms with Gasteiger partial charge in [0, 0.05) is 13.1 Å². The minimum absolute atomic E-state index is 0.188. The molecule has 21 heavy (non-hydrogen) atoms. The number of hydrogen-bond donors (Lipinski definition) is 2. The summed E-state index contributed by atoms with van der Waals surface area (Å²) < 4.78 is 1.12. The van der Waals surface area contributed by atoms with E-state index in [1.165, 1.54) is 19.2 Å². The molecule has 7 nitrogen and oxygen atoms in total. The zero-order chi connectivity index (χ0) is 14.8. The molecule has 106 valence electrons. The molecule has 7 heteroatoms. The van der Waals surface area contributed by atoms with Crippen LogP contribution in [0, 0.1) is 0 Å². The smallest absolute Gasteiger partial charge is 0.272 e. The van der Waals surface area contributed by atoms with Gasteiger partial charge in [-0.1, -0.05) is 12.1 Å². The lowest BCUT2D eigenvalue weighted by molar-refractivity contribution is 0.0942. The summed E-state index contributed by atoms with van der Waals surface area (Å²) in [4.78, 5) is 30.7. The molecular weight excluding hydrogens is 270 g/mol. The summed E-state index contributed by atoms with van der Waals surface area (Å²) in [6.07, 6.45) is 0. The summed E-state index contributed by atoms with van der Waals surface area (Å²) in [5, 5.41) is 6.60. The average Bonchev–Trinajstić information content (AvgIpc) is 2.90. The monoisotopic (exact) mass is 283 g/mol. The van der Waals surface area contributed by atoms with Crippen molar-refractivity contribution in [2.24, 2.45) is 7.05 Å². The van der Waals surface area contributed by atoms with Crippen molar-refractivity contribution in [3.8, 4) is 0 Å². The lowest BCUT2D eigenvalue weighted by Crippen LogP contribution is -2.28. The predicted molar refractivity (Wildman–Crippen MR) is 76.7 cm³/mol. The van der Waals surface area contributed by atoms with Crippen LogP contribution in [0.2, 0.25) is 0 Å². The van der Waals surface area contributed by atoms with Crippen LogP contribution in [0.5, 0.6) is 0 Å². The summed E-state index contributed by atoms with van der Waals surface area (Å²) in [5.74, 6) is 0.306. The highest BCUT2D eigenvalue weighted by molar-refractivity contribution is 5.91. The molecule has 0 radical (unpaired) electrons. The fourth-order valence-corrected chi connectivity index (χ4v) is 1.97. The maximum atomic E-state index is 12.0. The lowest BCUT2D eigenvalue weighted by atomic mass is 10.3. The number of para-hydroxylation sites is 2. The molecule has 0 atom stereocenters. The number of H-pyrrole nitrogens is 1. The van der Waals surface area contributed by atoms with E-state index >= 15 is 0 Å². The van der Waals surface area contributed by atoms with Gasteiger partial charge in [0.25, 0.3) is 11.5 Å². The molecule has 0 saturated heterocycles. The normalized spacial score (nSPS) is 10.7. The number of aryl methyl sites for hydroxylation is 1. The molecule has 0 spiro atoms. The molecule has 2 heterocycles. The average molecular weight is 283 g/mol. The van der Waals surface area contributed by atoms with Crippen LogP contribution in [0.1, 0.15) is 16.3 Å². The molecule has 0 fully saturated rings. The number of benzene rings is 1. The van der Waals surface area contributed by atoms with E-state index < -0.39 is 0 Å². The molecule has 0 aliphatic carbocycles. The molecule has 0 unspecified atom stereocenters. The van der Waals surface area contributed by atoms with E-state index in [1.807, 2.05) is 24.3 Å². The Kier molecular flexibility index (Phi) is 3.23. The highest BCUT2D eigenvalue weighted by atomic mass is 16.2. The number of amides is 1. The van der Waals surface area contributed by atoms with Gasteiger partial charge in [0.15, 0.2) is 0 Å². The largest absolute Gasteiger partial charge is 0.343 e. The summed E-state index contributed by atoms with van der Waals surface area (Å²) in [7, 11) is 1.50.